The number of carbonyl (C=O) groups excluding carboxylic acids is 3. The number of carbonyl (C=O) groups is 3. The molecule has 2 rings (SSSR count). The van der Waals surface area contributed by atoms with Crippen molar-refractivity contribution < 1.29 is 31.7 Å². The van der Waals surface area contributed by atoms with Crippen molar-refractivity contribution in [3.8, 4) is 0 Å². The summed E-state index contributed by atoms with van der Waals surface area (Å²) < 4.78 is 0. The molecule has 17 heavy (non-hydrogen) atoms. The second kappa shape index (κ2) is 16.7. The van der Waals surface area contributed by atoms with Gasteiger partial charge in [-0.3, -0.25) is 0 Å². The zero-order chi connectivity index (χ0) is 12.8. The van der Waals surface area contributed by atoms with Gasteiger partial charge >= 0.3 is 0 Å². The molecule has 0 aliphatic heterocycles. The van der Waals surface area contributed by atoms with Crippen LogP contribution in [0.15, 0.2) is 48.5 Å². The summed E-state index contributed by atoms with van der Waals surface area (Å²) in [5.74, 6) is 0. The number of benzene rings is 2. The first-order chi connectivity index (χ1) is 7.97. The second-order valence-corrected chi connectivity index (χ2v) is 2.35. The zero-order valence-corrected chi connectivity index (χ0v) is 10.6. The predicted octanol–water partition coefficient (Wildman–Crippen LogP) is 2.28. The van der Waals surface area contributed by atoms with Gasteiger partial charge in [-0.25, -0.2) is 0 Å². The molecule has 3 nitrogen and oxygen atoms in total. The molecule has 0 aliphatic rings. The van der Waals surface area contributed by atoms with Gasteiger partial charge in [0.15, 0.2) is 0 Å². The first-order valence-electron chi connectivity index (χ1n) is 4.27. The Hall–Kier alpha value is -1.76. The van der Waals surface area contributed by atoms with Crippen molar-refractivity contribution in [3.63, 3.8) is 0 Å². The molecular formula is C13H14CrO3. The van der Waals surface area contributed by atoms with Crippen molar-refractivity contribution in [3.05, 3.63) is 48.5 Å². The summed E-state index contributed by atoms with van der Waals surface area (Å²) in [6, 6.07) is 16.7. The van der Waals surface area contributed by atoms with Gasteiger partial charge in [0.1, 0.15) is 20.4 Å². The summed E-state index contributed by atoms with van der Waals surface area (Å²) in [6.45, 7) is 6.00. The van der Waals surface area contributed by atoms with Crippen molar-refractivity contribution in [2.45, 2.75) is 0 Å². The van der Waals surface area contributed by atoms with E-state index in [1.165, 1.54) is 10.8 Å². The Morgan fingerprint density at radius 1 is 0.529 bits per heavy atom. The molecule has 0 N–H and O–H groups in total. The molecule has 4 heteroatoms. The molecule has 0 radical (unpaired) electrons. The van der Waals surface area contributed by atoms with Gasteiger partial charge in [-0.2, -0.15) is 0 Å². The molecule has 0 fully saturated rings. The number of hydrogen-bond donors (Lipinski definition) is 0. The van der Waals surface area contributed by atoms with Crippen molar-refractivity contribution in [1.82, 2.24) is 0 Å². The van der Waals surface area contributed by atoms with Crippen LogP contribution in [0.1, 0.15) is 0 Å². The molecule has 2 aromatic carbocycles. The van der Waals surface area contributed by atoms with Crippen LogP contribution in [0.2, 0.25) is 0 Å². The molecule has 0 saturated carbocycles. The van der Waals surface area contributed by atoms with Crippen LogP contribution in [-0.4, -0.2) is 20.4 Å². The topological polar surface area (TPSA) is 51.2 Å². The quantitative estimate of drug-likeness (QED) is 0.738. The Kier molecular flexibility index (Phi) is 20.2. The van der Waals surface area contributed by atoms with Gasteiger partial charge in [0, 0.05) is 17.4 Å². The van der Waals surface area contributed by atoms with Crippen LogP contribution in [0.4, 0.5) is 0 Å². The van der Waals surface area contributed by atoms with Gasteiger partial charge in [0.05, 0.1) is 0 Å². The minimum Gasteiger partial charge on any atom is -0.307 e. The van der Waals surface area contributed by atoms with E-state index < -0.39 is 0 Å². The van der Waals surface area contributed by atoms with Crippen LogP contribution in [0.3, 0.4) is 0 Å². The maximum Gasteiger partial charge on any atom is 0.106 e. The fourth-order valence-electron chi connectivity index (χ4n) is 1.13. The van der Waals surface area contributed by atoms with Gasteiger partial charge < -0.3 is 14.4 Å². The van der Waals surface area contributed by atoms with Gasteiger partial charge in [-0.05, 0) is 10.8 Å². The van der Waals surface area contributed by atoms with Crippen molar-refractivity contribution in [1.29, 1.82) is 0 Å². The molecule has 0 atom stereocenters. The number of fused-ring (bicyclic) bond motifs is 1. The summed E-state index contributed by atoms with van der Waals surface area (Å²) in [7, 11) is 0. The fourth-order valence-corrected chi connectivity index (χ4v) is 1.13. The van der Waals surface area contributed by atoms with Gasteiger partial charge in [-0.15, -0.1) is 0 Å². The van der Waals surface area contributed by atoms with E-state index in [4.69, 9.17) is 14.4 Å². The first kappa shape index (κ1) is 20.6. The average molecular weight is 270 g/mol. The Morgan fingerprint density at radius 2 is 0.706 bits per heavy atom. The van der Waals surface area contributed by atoms with Crippen molar-refractivity contribution in [2.24, 2.45) is 0 Å². The predicted molar refractivity (Wildman–Crippen MR) is 65.3 cm³/mol. The first-order valence-corrected chi connectivity index (χ1v) is 4.27. The van der Waals surface area contributed by atoms with Crippen LogP contribution in [0, 0.1) is 0 Å². The Morgan fingerprint density at radius 3 is 0.882 bits per heavy atom. The van der Waals surface area contributed by atoms with E-state index in [-0.39, 0.29) is 17.4 Å². The largest absolute Gasteiger partial charge is 0.307 e. The molecule has 0 aromatic heterocycles. The van der Waals surface area contributed by atoms with E-state index in [1.54, 1.807) is 0 Å². The Labute approximate surface area is 112 Å². The van der Waals surface area contributed by atoms with E-state index >= 15 is 0 Å². The molecule has 0 aliphatic carbocycles. The van der Waals surface area contributed by atoms with Gasteiger partial charge in [0.25, 0.3) is 0 Å². The maximum atomic E-state index is 8.00. The Balaban J connectivity index is -0.000000248. The monoisotopic (exact) mass is 270 g/mol. The molecule has 2 aromatic rings. The van der Waals surface area contributed by atoms with E-state index in [1.807, 2.05) is 20.4 Å². The van der Waals surface area contributed by atoms with E-state index in [0.717, 1.165) is 0 Å². The van der Waals surface area contributed by atoms with E-state index in [0.29, 0.717) is 0 Å². The third-order valence-electron chi connectivity index (χ3n) is 1.66. The average Bonchev–Trinajstić information content (AvgIpc) is 2.45. The zero-order valence-electron chi connectivity index (χ0n) is 9.37. The third kappa shape index (κ3) is 8.09. The summed E-state index contributed by atoms with van der Waals surface area (Å²) in [5, 5.41) is 2.62. The van der Waals surface area contributed by atoms with Crippen LogP contribution >= 0.6 is 0 Å². The van der Waals surface area contributed by atoms with E-state index in [2.05, 4.69) is 48.5 Å². The molecule has 0 unspecified atom stereocenters. The summed E-state index contributed by atoms with van der Waals surface area (Å²) in [4.78, 5) is 24.0. The molecule has 0 saturated heterocycles. The molecule has 0 heterocycles. The molecule has 0 amide bonds. The fraction of sp³-hybridized carbons (Fsp3) is 0. The standard InChI is InChI=1S/C10H8.3CH2O.Cr/c1-2-6-10-8-4-3-7-9(10)5-1;3*1-2;/h1-8H;3*1H2;. The number of rotatable bonds is 0. The smallest absolute Gasteiger partial charge is 0.106 e. The van der Waals surface area contributed by atoms with Crippen LogP contribution in [0.5, 0.6) is 0 Å². The van der Waals surface area contributed by atoms with Crippen LogP contribution in [0.25, 0.3) is 10.8 Å². The summed E-state index contributed by atoms with van der Waals surface area (Å²) in [6.07, 6.45) is 0. The SMILES string of the molecule is C=O.C=O.C=O.[Cr].c1ccc2ccccc2c1. The van der Waals surface area contributed by atoms with Gasteiger partial charge in [-0.1, -0.05) is 48.5 Å². The molecule has 0 bridgehead atoms. The van der Waals surface area contributed by atoms with E-state index in [9.17, 15) is 0 Å². The minimum atomic E-state index is 0. The summed E-state index contributed by atoms with van der Waals surface area (Å²) >= 11 is 0. The molecule has 90 valence electrons. The molecular weight excluding hydrogens is 256 g/mol. The van der Waals surface area contributed by atoms with Crippen molar-refractivity contribution >= 4 is 31.1 Å². The minimum absolute atomic E-state index is 0. The van der Waals surface area contributed by atoms with Crippen LogP contribution < -0.4 is 0 Å². The number of hydrogen-bond acceptors (Lipinski definition) is 3. The van der Waals surface area contributed by atoms with Gasteiger partial charge in [0.2, 0.25) is 0 Å². The normalized spacial score (nSPS) is 6.59. The third-order valence-corrected chi connectivity index (χ3v) is 1.66. The summed E-state index contributed by atoms with van der Waals surface area (Å²) in [5.41, 5.74) is 0. The van der Waals surface area contributed by atoms with Crippen molar-refractivity contribution in [2.75, 3.05) is 0 Å². The second-order valence-electron chi connectivity index (χ2n) is 2.35. The Bertz CT molecular complexity index is 323. The van der Waals surface area contributed by atoms with Crippen LogP contribution in [-0.2, 0) is 31.7 Å². The molecule has 0 spiro atoms. The maximum absolute atomic E-state index is 8.00.